The highest BCUT2D eigenvalue weighted by Crippen LogP contribution is 2.46. The number of aliphatic carboxylic acids is 1. The normalized spacial score (nSPS) is 22.2. The van der Waals surface area contributed by atoms with E-state index >= 15 is 4.39 Å². The molecule has 0 aromatic heterocycles. The zero-order valence-electron chi connectivity index (χ0n) is 24.0. The minimum absolute atomic E-state index is 0.0765. The van der Waals surface area contributed by atoms with E-state index in [0.29, 0.717) is 42.7 Å². The van der Waals surface area contributed by atoms with Crippen LogP contribution in [0.2, 0.25) is 5.02 Å². The number of benzene rings is 2. The molecular weight excluding hydrogens is 550 g/mol. The molecule has 6 nitrogen and oxygen atoms in total. The molecule has 1 saturated carbocycles. The molecule has 2 heterocycles. The lowest BCUT2D eigenvalue weighted by molar-refractivity contribution is -0.142. The van der Waals surface area contributed by atoms with Crippen LogP contribution >= 0.6 is 11.6 Å². The maximum Gasteiger partial charge on any atom is 0.326 e. The summed E-state index contributed by atoms with van der Waals surface area (Å²) in [6.07, 6.45) is 4.63. The lowest BCUT2D eigenvalue weighted by Gasteiger charge is -2.37. The number of amides is 1. The zero-order valence-corrected chi connectivity index (χ0v) is 24.7. The predicted octanol–water partition coefficient (Wildman–Crippen LogP) is 6.89. The fourth-order valence-electron chi connectivity index (χ4n) is 6.38. The summed E-state index contributed by atoms with van der Waals surface area (Å²) >= 11 is 6.00. The van der Waals surface area contributed by atoms with Crippen LogP contribution in [0.5, 0.6) is 5.75 Å². The van der Waals surface area contributed by atoms with Crippen molar-refractivity contribution in [3.8, 4) is 5.75 Å². The molecule has 2 saturated heterocycles. The smallest absolute Gasteiger partial charge is 0.326 e. The van der Waals surface area contributed by atoms with Gasteiger partial charge in [-0.3, -0.25) is 9.69 Å². The minimum atomic E-state index is -1.06. The Bertz CT molecular complexity index is 1280. The van der Waals surface area contributed by atoms with E-state index in [1.807, 2.05) is 20.8 Å². The zero-order chi connectivity index (χ0) is 29.5. The van der Waals surface area contributed by atoms with Crippen molar-refractivity contribution in [1.29, 1.82) is 0 Å². The van der Waals surface area contributed by atoms with Crippen molar-refractivity contribution >= 4 is 23.5 Å². The molecule has 2 unspecified atom stereocenters. The largest absolute Gasteiger partial charge is 0.493 e. The second-order valence-electron chi connectivity index (χ2n) is 13.0. The van der Waals surface area contributed by atoms with Crippen LogP contribution in [0.25, 0.3) is 0 Å². The summed E-state index contributed by atoms with van der Waals surface area (Å²) in [6.45, 7) is 8.70. The van der Waals surface area contributed by atoms with Crippen LogP contribution in [0.15, 0.2) is 30.3 Å². The molecule has 0 bridgehead atoms. The van der Waals surface area contributed by atoms with Crippen LogP contribution in [0.4, 0.5) is 8.78 Å². The van der Waals surface area contributed by atoms with Crippen molar-refractivity contribution in [2.45, 2.75) is 83.8 Å². The Kier molecular flexibility index (Phi) is 8.63. The van der Waals surface area contributed by atoms with Gasteiger partial charge < -0.3 is 14.7 Å². The van der Waals surface area contributed by atoms with Crippen LogP contribution in [0.1, 0.15) is 86.7 Å². The number of carboxylic acids is 1. The van der Waals surface area contributed by atoms with Gasteiger partial charge in [0.2, 0.25) is 0 Å². The lowest BCUT2D eigenvalue weighted by Crippen LogP contribution is -2.49. The van der Waals surface area contributed by atoms with Crippen LogP contribution in [-0.2, 0) is 11.3 Å². The number of likely N-dealkylation sites (tertiary alicyclic amines) is 2. The van der Waals surface area contributed by atoms with Crippen molar-refractivity contribution in [3.63, 3.8) is 0 Å². The molecule has 2 aromatic carbocycles. The monoisotopic (exact) mass is 588 g/mol. The first kappa shape index (κ1) is 29.8. The Labute approximate surface area is 245 Å². The number of halogens is 3. The summed E-state index contributed by atoms with van der Waals surface area (Å²) < 4.78 is 35.4. The molecule has 1 N–H and O–H groups in total. The number of rotatable bonds is 8. The third-order valence-electron chi connectivity index (χ3n) is 8.76. The highest BCUT2D eigenvalue weighted by atomic mass is 35.5. The van der Waals surface area contributed by atoms with Crippen molar-refractivity contribution in [3.05, 3.63) is 63.7 Å². The summed E-state index contributed by atoms with van der Waals surface area (Å²) in [4.78, 5) is 29.3. The second-order valence-corrected chi connectivity index (χ2v) is 13.4. The van der Waals surface area contributed by atoms with Gasteiger partial charge in [0.05, 0.1) is 12.2 Å². The van der Waals surface area contributed by atoms with Gasteiger partial charge in [0.1, 0.15) is 23.4 Å². The highest BCUT2D eigenvalue weighted by molar-refractivity contribution is 6.30. The molecular formula is C32H39ClF2N2O4. The van der Waals surface area contributed by atoms with E-state index < -0.39 is 23.7 Å². The molecule has 3 aliphatic rings. The molecule has 2 aliphatic heterocycles. The summed E-state index contributed by atoms with van der Waals surface area (Å²) in [5, 5.41) is 10.2. The maximum atomic E-state index is 15.5. The van der Waals surface area contributed by atoms with Gasteiger partial charge in [-0.15, -0.1) is 0 Å². The van der Waals surface area contributed by atoms with E-state index in [1.165, 1.54) is 23.1 Å². The van der Waals surface area contributed by atoms with Gasteiger partial charge in [0.25, 0.3) is 5.91 Å². The fraction of sp³-hybridized carbons (Fsp3) is 0.562. The standard InChI is InChI=1S/C32H39ClF2N2O4/c1-32(2,3)29-7-6-27(31(39)40)37(29)30(38)25-15-24(21-4-5-21)28(16-26(25)35)41-18-19-8-10-36(11-9-19)17-20-12-22(33)14-23(34)13-20/h12-16,19,21,27,29H,4-11,17-18H2,1-3H3,(H,39,40). The van der Waals surface area contributed by atoms with E-state index in [0.717, 1.165) is 49.9 Å². The lowest BCUT2D eigenvalue weighted by atomic mass is 9.85. The first-order valence-electron chi connectivity index (χ1n) is 14.6. The van der Waals surface area contributed by atoms with Crippen LogP contribution < -0.4 is 4.74 Å². The third kappa shape index (κ3) is 6.86. The number of ether oxygens (including phenoxy) is 1. The molecule has 2 atom stereocenters. The van der Waals surface area contributed by atoms with E-state index in [2.05, 4.69) is 4.90 Å². The van der Waals surface area contributed by atoms with Gasteiger partial charge in [-0.2, -0.15) is 0 Å². The van der Waals surface area contributed by atoms with E-state index in [9.17, 15) is 19.1 Å². The number of nitrogens with zero attached hydrogens (tertiary/aromatic N) is 2. The van der Waals surface area contributed by atoms with E-state index in [-0.39, 0.29) is 28.8 Å². The Balaban J connectivity index is 1.25. The molecule has 3 fully saturated rings. The average molecular weight is 589 g/mol. The first-order chi connectivity index (χ1) is 19.4. The summed E-state index contributed by atoms with van der Waals surface area (Å²) in [5.41, 5.74) is 1.26. The van der Waals surface area contributed by atoms with Gasteiger partial charge in [0, 0.05) is 23.7 Å². The molecule has 1 aliphatic carbocycles. The predicted molar refractivity (Wildman–Crippen MR) is 153 cm³/mol. The van der Waals surface area contributed by atoms with Crippen LogP contribution in [0, 0.1) is 23.0 Å². The Morgan fingerprint density at radius 2 is 1.71 bits per heavy atom. The molecule has 0 spiro atoms. The van der Waals surface area contributed by atoms with E-state index in [1.54, 1.807) is 12.1 Å². The van der Waals surface area contributed by atoms with Crippen molar-refractivity contribution in [2.24, 2.45) is 11.3 Å². The molecule has 41 heavy (non-hydrogen) atoms. The minimum Gasteiger partial charge on any atom is -0.493 e. The number of carbonyl (C=O) groups excluding carboxylic acids is 1. The molecule has 1 amide bonds. The maximum absolute atomic E-state index is 15.5. The summed E-state index contributed by atoms with van der Waals surface area (Å²) in [6, 6.07) is 6.28. The molecule has 222 valence electrons. The van der Waals surface area contributed by atoms with Gasteiger partial charge >= 0.3 is 5.97 Å². The molecule has 9 heteroatoms. The number of carbonyl (C=O) groups is 2. The van der Waals surface area contributed by atoms with Crippen LogP contribution in [0.3, 0.4) is 0 Å². The molecule has 0 radical (unpaired) electrons. The summed E-state index contributed by atoms with van der Waals surface area (Å²) in [7, 11) is 0. The molecule has 5 rings (SSSR count). The summed E-state index contributed by atoms with van der Waals surface area (Å²) in [5.74, 6) is -1.65. The number of hydrogen-bond donors (Lipinski definition) is 1. The average Bonchev–Trinajstić information content (AvgIpc) is 3.62. The van der Waals surface area contributed by atoms with Gasteiger partial charge in [-0.05, 0) is 104 Å². The van der Waals surface area contributed by atoms with Crippen LogP contribution in [-0.4, -0.2) is 58.6 Å². The first-order valence-corrected chi connectivity index (χ1v) is 15.0. The number of piperidine rings is 1. The van der Waals surface area contributed by atoms with Gasteiger partial charge in [-0.25, -0.2) is 13.6 Å². The second kappa shape index (κ2) is 11.9. The Hall–Kier alpha value is -2.71. The highest BCUT2D eigenvalue weighted by Gasteiger charge is 2.46. The van der Waals surface area contributed by atoms with Gasteiger partial charge in [0.15, 0.2) is 0 Å². The Morgan fingerprint density at radius 3 is 2.32 bits per heavy atom. The third-order valence-corrected chi connectivity index (χ3v) is 8.98. The van der Waals surface area contributed by atoms with E-state index in [4.69, 9.17) is 16.3 Å². The number of carboxylic acid groups (broad SMARTS) is 1. The van der Waals surface area contributed by atoms with Gasteiger partial charge in [-0.1, -0.05) is 32.4 Å². The topological polar surface area (TPSA) is 70.1 Å². The quantitative estimate of drug-likeness (QED) is 0.364. The fourth-order valence-corrected chi connectivity index (χ4v) is 6.62. The van der Waals surface area contributed by atoms with Crippen molar-refractivity contribution in [1.82, 2.24) is 9.80 Å². The molecule has 2 aromatic rings. The Morgan fingerprint density at radius 1 is 1.00 bits per heavy atom. The van der Waals surface area contributed by atoms with Crippen molar-refractivity contribution in [2.75, 3.05) is 19.7 Å². The number of hydrogen-bond acceptors (Lipinski definition) is 4. The SMILES string of the molecule is CC(C)(C)C1CCC(C(=O)O)N1C(=O)c1cc(C2CC2)c(OCC2CCN(Cc3cc(F)cc(Cl)c3)CC2)cc1F. The van der Waals surface area contributed by atoms with Crippen molar-refractivity contribution < 1.29 is 28.2 Å².